The molecular formula is C13H21N3OS. The van der Waals surface area contributed by atoms with Gasteiger partial charge in [0, 0.05) is 18.8 Å². The highest BCUT2D eigenvalue weighted by atomic mass is 32.2. The molecule has 1 aliphatic rings. The summed E-state index contributed by atoms with van der Waals surface area (Å²) in [7, 11) is 1.89. The minimum Gasteiger partial charge on any atom is -0.348 e. The summed E-state index contributed by atoms with van der Waals surface area (Å²) in [6.45, 7) is 2.08. The summed E-state index contributed by atoms with van der Waals surface area (Å²) >= 11 is 1.75. The van der Waals surface area contributed by atoms with Crippen molar-refractivity contribution in [3.05, 3.63) is 18.0 Å². The summed E-state index contributed by atoms with van der Waals surface area (Å²) < 4.78 is 1.77. The Balaban J connectivity index is 1.76. The van der Waals surface area contributed by atoms with Crippen LogP contribution >= 0.6 is 11.8 Å². The normalized spacial score (nSPS) is 16.6. The number of rotatable bonds is 7. The molecule has 0 aliphatic heterocycles. The summed E-state index contributed by atoms with van der Waals surface area (Å²) in [5.74, 6) is 2.73. The number of aryl methyl sites for hydroxylation is 1. The van der Waals surface area contributed by atoms with Crippen molar-refractivity contribution in [3.63, 3.8) is 0 Å². The van der Waals surface area contributed by atoms with Gasteiger partial charge in [-0.3, -0.25) is 9.48 Å². The van der Waals surface area contributed by atoms with Gasteiger partial charge >= 0.3 is 0 Å². The van der Waals surface area contributed by atoms with Gasteiger partial charge in [-0.15, -0.1) is 0 Å². The Morgan fingerprint density at radius 2 is 2.44 bits per heavy atom. The Hall–Kier alpha value is -0.970. The minimum atomic E-state index is 0.0905. The van der Waals surface area contributed by atoms with Crippen LogP contribution in [0.15, 0.2) is 12.4 Å². The molecule has 1 aromatic rings. The van der Waals surface area contributed by atoms with Gasteiger partial charge in [-0.05, 0) is 30.9 Å². The summed E-state index contributed by atoms with van der Waals surface area (Å²) in [6.07, 6.45) is 7.38. The second-order valence-electron chi connectivity index (χ2n) is 4.93. The van der Waals surface area contributed by atoms with Crippen molar-refractivity contribution in [2.75, 3.05) is 11.5 Å². The Labute approximate surface area is 113 Å². The van der Waals surface area contributed by atoms with Crippen LogP contribution in [0.2, 0.25) is 0 Å². The number of hydrogen-bond donors (Lipinski definition) is 1. The van der Waals surface area contributed by atoms with Crippen molar-refractivity contribution in [1.29, 1.82) is 0 Å². The highest BCUT2D eigenvalue weighted by Gasteiger charge is 2.21. The van der Waals surface area contributed by atoms with E-state index in [-0.39, 0.29) is 11.9 Å². The zero-order valence-corrected chi connectivity index (χ0v) is 11.9. The molecule has 5 heteroatoms. The molecule has 0 bridgehead atoms. The van der Waals surface area contributed by atoms with Gasteiger partial charge in [-0.2, -0.15) is 16.9 Å². The predicted octanol–water partition coefficient (Wildman–Crippen LogP) is 2.13. The third-order valence-electron chi connectivity index (χ3n) is 3.15. The molecular weight excluding hydrogens is 246 g/mol. The minimum absolute atomic E-state index is 0.0905. The first kappa shape index (κ1) is 13.5. The number of nitrogens with zero attached hydrogens (tertiary/aromatic N) is 2. The smallest absolute Gasteiger partial charge is 0.230 e. The van der Waals surface area contributed by atoms with E-state index < -0.39 is 0 Å². The topological polar surface area (TPSA) is 46.9 Å². The van der Waals surface area contributed by atoms with Crippen molar-refractivity contribution in [2.45, 2.75) is 32.2 Å². The molecule has 4 nitrogen and oxygen atoms in total. The third kappa shape index (κ3) is 4.05. The van der Waals surface area contributed by atoms with Gasteiger partial charge in [0.2, 0.25) is 5.91 Å². The first-order chi connectivity index (χ1) is 8.69. The number of amides is 1. The first-order valence-corrected chi connectivity index (χ1v) is 7.70. The summed E-state index contributed by atoms with van der Waals surface area (Å²) in [5.41, 5.74) is 1.08. The van der Waals surface area contributed by atoms with E-state index >= 15 is 0 Å². The van der Waals surface area contributed by atoms with E-state index in [1.165, 1.54) is 12.8 Å². The van der Waals surface area contributed by atoms with Gasteiger partial charge in [0.1, 0.15) is 0 Å². The van der Waals surface area contributed by atoms with Crippen LogP contribution in [0.25, 0.3) is 0 Å². The number of hydrogen-bond acceptors (Lipinski definition) is 3. The summed E-state index contributed by atoms with van der Waals surface area (Å²) in [6, 6.07) is 0.0905. The van der Waals surface area contributed by atoms with Crippen molar-refractivity contribution >= 4 is 17.7 Å². The maximum atomic E-state index is 11.8. The largest absolute Gasteiger partial charge is 0.348 e. The quantitative estimate of drug-likeness (QED) is 0.823. The Kier molecular flexibility index (Phi) is 4.69. The molecule has 1 saturated carbocycles. The molecule has 1 fully saturated rings. The van der Waals surface area contributed by atoms with Crippen LogP contribution in [-0.4, -0.2) is 27.2 Å². The monoisotopic (exact) mass is 267 g/mol. The molecule has 1 N–H and O–H groups in total. The number of thioether (sulfide) groups is 1. The van der Waals surface area contributed by atoms with E-state index in [0.717, 1.165) is 23.7 Å². The van der Waals surface area contributed by atoms with Crippen LogP contribution in [0.5, 0.6) is 0 Å². The van der Waals surface area contributed by atoms with Crippen LogP contribution in [-0.2, 0) is 11.8 Å². The molecule has 1 heterocycles. The van der Waals surface area contributed by atoms with Crippen LogP contribution in [0.3, 0.4) is 0 Å². The zero-order chi connectivity index (χ0) is 13.0. The van der Waals surface area contributed by atoms with Gasteiger partial charge < -0.3 is 5.32 Å². The average Bonchev–Trinajstić information content (AvgIpc) is 3.07. The van der Waals surface area contributed by atoms with Crippen LogP contribution in [0.1, 0.15) is 37.8 Å². The molecule has 1 amide bonds. The van der Waals surface area contributed by atoms with Crippen LogP contribution in [0, 0.1) is 5.92 Å². The molecule has 0 aromatic carbocycles. The molecule has 0 saturated heterocycles. The van der Waals surface area contributed by atoms with E-state index in [2.05, 4.69) is 17.3 Å². The Bertz CT molecular complexity index is 401. The molecule has 1 aromatic heterocycles. The lowest BCUT2D eigenvalue weighted by molar-refractivity contribution is -0.119. The maximum Gasteiger partial charge on any atom is 0.230 e. The van der Waals surface area contributed by atoms with Gasteiger partial charge in [-0.25, -0.2) is 0 Å². The lowest BCUT2D eigenvalue weighted by atomic mass is 10.1. The van der Waals surface area contributed by atoms with Gasteiger partial charge in [0.15, 0.2) is 0 Å². The van der Waals surface area contributed by atoms with Crippen LogP contribution in [0.4, 0.5) is 0 Å². The Morgan fingerprint density at radius 3 is 3.00 bits per heavy atom. The van der Waals surface area contributed by atoms with Crippen molar-refractivity contribution in [1.82, 2.24) is 15.1 Å². The highest BCUT2D eigenvalue weighted by molar-refractivity contribution is 7.99. The fraction of sp³-hybridized carbons (Fsp3) is 0.692. The molecule has 1 atom stereocenters. The lowest BCUT2D eigenvalue weighted by Crippen LogP contribution is -2.29. The van der Waals surface area contributed by atoms with Crippen molar-refractivity contribution in [2.24, 2.45) is 13.0 Å². The molecule has 0 spiro atoms. The fourth-order valence-corrected chi connectivity index (χ4v) is 2.93. The fourth-order valence-electron chi connectivity index (χ4n) is 1.88. The van der Waals surface area contributed by atoms with Crippen molar-refractivity contribution < 1.29 is 4.79 Å². The molecule has 100 valence electrons. The second kappa shape index (κ2) is 6.27. The van der Waals surface area contributed by atoms with E-state index in [4.69, 9.17) is 0 Å². The Morgan fingerprint density at radius 1 is 1.67 bits per heavy atom. The molecule has 18 heavy (non-hydrogen) atoms. The number of nitrogens with one attached hydrogen (secondary N) is 1. The molecule has 2 rings (SSSR count). The number of carbonyl (C=O) groups is 1. The number of carbonyl (C=O) groups excluding carboxylic acids is 1. The predicted molar refractivity (Wildman–Crippen MR) is 74.4 cm³/mol. The zero-order valence-electron chi connectivity index (χ0n) is 11.1. The van der Waals surface area contributed by atoms with Gasteiger partial charge in [0.25, 0.3) is 0 Å². The van der Waals surface area contributed by atoms with E-state index in [1.807, 2.05) is 19.4 Å². The standard InChI is InChI=1S/C13H21N3OS/c1-3-12(11-6-14-16(2)7-11)15-13(17)9-18-8-10-4-5-10/h6-7,10,12H,3-5,8-9H2,1-2H3,(H,15,17). The van der Waals surface area contributed by atoms with Gasteiger partial charge in [0.05, 0.1) is 18.0 Å². The van der Waals surface area contributed by atoms with E-state index in [0.29, 0.717) is 5.75 Å². The lowest BCUT2D eigenvalue weighted by Gasteiger charge is -2.15. The summed E-state index contributed by atoms with van der Waals surface area (Å²) in [4.78, 5) is 11.8. The van der Waals surface area contributed by atoms with Gasteiger partial charge in [-0.1, -0.05) is 6.92 Å². The maximum absolute atomic E-state index is 11.8. The molecule has 0 radical (unpaired) electrons. The highest BCUT2D eigenvalue weighted by Crippen LogP contribution is 2.32. The molecule has 1 unspecified atom stereocenters. The summed E-state index contributed by atoms with van der Waals surface area (Å²) in [5, 5.41) is 7.22. The first-order valence-electron chi connectivity index (χ1n) is 6.54. The third-order valence-corrected chi connectivity index (χ3v) is 4.33. The van der Waals surface area contributed by atoms with Crippen molar-refractivity contribution in [3.8, 4) is 0 Å². The molecule has 1 aliphatic carbocycles. The number of aromatic nitrogens is 2. The van der Waals surface area contributed by atoms with E-state index in [1.54, 1.807) is 16.4 Å². The van der Waals surface area contributed by atoms with E-state index in [9.17, 15) is 4.79 Å². The average molecular weight is 267 g/mol. The SMILES string of the molecule is CCC(NC(=O)CSCC1CC1)c1cnn(C)c1. The second-order valence-corrected chi connectivity index (χ2v) is 5.96. The van der Waals surface area contributed by atoms with Crippen LogP contribution < -0.4 is 5.32 Å².